The highest BCUT2D eigenvalue weighted by atomic mass is 19.1. The quantitative estimate of drug-likeness (QED) is 0.707. The number of anilines is 1. The Kier molecular flexibility index (Phi) is 3.87. The molecule has 1 atom stereocenters. The van der Waals surface area contributed by atoms with Gasteiger partial charge in [0.1, 0.15) is 5.82 Å². The Hall–Kier alpha value is -2.35. The maximum atomic E-state index is 13.7. The Labute approximate surface area is 124 Å². The topological polar surface area (TPSA) is 12.0 Å². The van der Waals surface area contributed by atoms with Crippen molar-refractivity contribution in [3.05, 3.63) is 78.1 Å². The molecule has 3 rings (SSSR count). The molecule has 3 aromatic rings. The van der Waals surface area contributed by atoms with Gasteiger partial charge >= 0.3 is 0 Å². The first-order chi connectivity index (χ1) is 10.2. The van der Waals surface area contributed by atoms with E-state index in [0.717, 1.165) is 11.3 Å². The Morgan fingerprint density at radius 2 is 1.62 bits per heavy atom. The summed E-state index contributed by atoms with van der Waals surface area (Å²) in [6.45, 7) is 2.08. The maximum absolute atomic E-state index is 13.7. The van der Waals surface area contributed by atoms with Crippen LogP contribution in [0.3, 0.4) is 0 Å². The van der Waals surface area contributed by atoms with Crippen LogP contribution in [0.2, 0.25) is 0 Å². The van der Waals surface area contributed by atoms with Crippen LogP contribution < -0.4 is 5.32 Å². The molecule has 0 aromatic heterocycles. The van der Waals surface area contributed by atoms with E-state index in [1.54, 1.807) is 6.07 Å². The van der Waals surface area contributed by atoms with Crippen LogP contribution in [0.15, 0.2) is 66.7 Å². The Balaban J connectivity index is 1.81. The first-order valence-electron chi connectivity index (χ1n) is 7.22. The van der Waals surface area contributed by atoms with Gasteiger partial charge in [0.2, 0.25) is 0 Å². The molecule has 0 bridgehead atoms. The minimum absolute atomic E-state index is 0.135. The molecule has 0 amide bonds. The van der Waals surface area contributed by atoms with Crippen molar-refractivity contribution < 1.29 is 4.39 Å². The Morgan fingerprint density at radius 1 is 0.905 bits per heavy atom. The van der Waals surface area contributed by atoms with Gasteiger partial charge in [0.25, 0.3) is 0 Å². The van der Waals surface area contributed by atoms with Crippen molar-refractivity contribution in [1.82, 2.24) is 0 Å². The van der Waals surface area contributed by atoms with Gasteiger partial charge in [-0.15, -0.1) is 0 Å². The van der Waals surface area contributed by atoms with Crippen LogP contribution in [0.1, 0.15) is 12.5 Å². The lowest BCUT2D eigenvalue weighted by Gasteiger charge is -2.17. The summed E-state index contributed by atoms with van der Waals surface area (Å²) in [6, 6.07) is 21.6. The first kappa shape index (κ1) is 13.6. The van der Waals surface area contributed by atoms with Gasteiger partial charge in [0, 0.05) is 17.1 Å². The minimum Gasteiger partial charge on any atom is -0.382 e. The lowest BCUT2D eigenvalue weighted by Crippen LogP contribution is -2.18. The Bertz CT molecular complexity index is 746. The van der Waals surface area contributed by atoms with Crippen molar-refractivity contribution in [2.45, 2.75) is 19.4 Å². The molecule has 3 aromatic carbocycles. The lowest BCUT2D eigenvalue weighted by molar-refractivity contribution is 0.601. The second-order valence-corrected chi connectivity index (χ2v) is 5.37. The lowest BCUT2D eigenvalue weighted by atomic mass is 10.0. The molecule has 0 aliphatic carbocycles. The molecule has 0 spiro atoms. The number of rotatable bonds is 4. The highest BCUT2D eigenvalue weighted by Crippen LogP contribution is 2.24. The first-order valence-corrected chi connectivity index (χ1v) is 7.22. The van der Waals surface area contributed by atoms with Crippen LogP contribution in [0.5, 0.6) is 0 Å². The fraction of sp³-hybridized carbons (Fsp3) is 0.158. The number of fused-ring (bicyclic) bond motifs is 1. The van der Waals surface area contributed by atoms with E-state index in [2.05, 4.69) is 36.5 Å². The zero-order valence-electron chi connectivity index (χ0n) is 12.0. The molecular weight excluding hydrogens is 261 g/mol. The van der Waals surface area contributed by atoms with E-state index in [1.807, 2.05) is 30.3 Å². The maximum Gasteiger partial charge on any atom is 0.126 e. The molecule has 0 aliphatic heterocycles. The SMILES string of the molecule is CC(Cc1ccccc1F)Nc1cccc2ccccc12. The molecule has 0 radical (unpaired) electrons. The van der Waals surface area contributed by atoms with Crippen molar-refractivity contribution in [2.75, 3.05) is 5.32 Å². The molecule has 1 nitrogen and oxygen atoms in total. The molecule has 0 heterocycles. The van der Waals surface area contributed by atoms with Crippen LogP contribution >= 0.6 is 0 Å². The summed E-state index contributed by atoms with van der Waals surface area (Å²) in [5.74, 6) is -0.135. The molecule has 2 heteroatoms. The molecule has 0 saturated heterocycles. The zero-order chi connectivity index (χ0) is 14.7. The molecule has 1 unspecified atom stereocenters. The number of hydrogen-bond acceptors (Lipinski definition) is 1. The van der Waals surface area contributed by atoms with Crippen molar-refractivity contribution >= 4 is 16.5 Å². The van der Waals surface area contributed by atoms with Gasteiger partial charge in [-0.1, -0.05) is 54.6 Å². The second-order valence-electron chi connectivity index (χ2n) is 5.37. The van der Waals surface area contributed by atoms with E-state index in [9.17, 15) is 4.39 Å². The molecule has 1 N–H and O–H groups in total. The predicted octanol–water partition coefficient (Wildman–Crippen LogP) is 5.02. The van der Waals surface area contributed by atoms with E-state index >= 15 is 0 Å². The van der Waals surface area contributed by atoms with Crippen molar-refractivity contribution in [3.63, 3.8) is 0 Å². The summed E-state index contributed by atoms with van der Waals surface area (Å²) >= 11 is 0. The van der Waals surface area contributed by atoms with E-state index in [-0.39, 0.29) is 11.9 Å². The summed E-state index contributed by atoms with van der Waals surface area (Å²) in [7, 11) is 0. The van der Waals surface area contributed by atoms with Crippen LogP contribution in [0, 0.1) is 5.82 Å². The van der Waals surface area contributed by atoms with Crippen molar-refractivity contribution in [1.29, 1.82) is 0 Å². The fourth-order valence-electron chi connectivity index (χ4n) is 2.66. The largest absolute Gasteiger partial charge is 0.382 e. The van der Waals surface area contributed by atoms with Gasteiger partial charge < -0.3 is 5.32 Å². The van der Waals surface area contributed by atoms with Gasteiger partial charge in [-0.05, 0) is 36.4 Å². The predicted molar refractivity (Wildman–Crippen MR) is 87.1 cm³/mol. The third-order valence-electron chi connectivity index (χ3n) is 3.68. The molecule has 0 fully saturated rings. The zero-order valence-corrected chi connectivity index (χ0v) is 12.0. The summed E-state index contributed by atoms with van der Waals surface area (Å²) in [6.07, 6.45) is 0.663. The van der Waals surface area contributed by atoms with Crippen LogP contribution in [-0.4, -0.2) is 6.04 Å². The fourth-order valence-corrected chi connectivity index (χ4v) is 2.66. The average Bonchev–Trinajstić information content (AvgIpc) is 2.50. The van der Waals surface area contributed by atoms with E-state index in [4.69, 9.17) is 0 Å². The van der Waals surface area contributed by atoms with Crippen molar-refractivity contribution in [2.24, 2.45) is 0 Å². The monoisotopic (exact) mass is 279 g/mol. The minimum atomic E-state index is -0.135. The number of nitrogens with one attached hydrogen (secondary N) is 1. The molecule has 0 saturated carbocycles. The number of halogens is 1. The van der Waals surface area contributed by atoms with Crippen LogP contribution in [0.25, 0.3) is 10.8 Å². The van der Waals surface area contributed by atoms with Crippen LogP contribution in [-0.2, 0) is 6.42 Å². The summed E-state index contributed by atoms with van der Waals surface area (Å²) in [4.78, 5) is 0. The molecule has 106 valence electrons. The third-order valence-corrected chi connectivity index (χ3v) is 3.68. The molecule has 21 heavy (non-hydrogen) atoms. The van der Waals surface area contributed by atoms with Crippen molar-refractivity contribution in [3.8, 4) is 0 Å². The summed E-state index contributed by atoms with van der Waals surface area (Å²) < 4.78 is 13.7. The summed E-state index contributed by atoms with van der Waals surface area (Å²) in [5.41, 5.74) is 1.84. The number of benzene rings is 3. The Morgan fingerprint density at radius 3 is 2.48 bits per heavy atom. The van der Waals surface area contributed by atoms with Gasteiger partial charge in [-0.2, -0.15) is 0 Å². The van der Waals surface area contributed by atoms with Crippen LogP contribution in [0.4, 0.5) is 10.1 Å². The van der Waals surface area contributed by atoms with Gasteiger partial charge in [-0.3, -0.25) is 0 Å². The standard InChI is InChI=1S/C19H18FN/c1-14(13-16-8-3-5-11-18(16)20)21-19-12-6-9-15-7-2-4-10-17(15)19/h2-12,14,21H,13H2,1H3. The van der Waals surface area contributed by atoms with E-state index < -0.39 is 0 Å². The number of hydrogen-bond donors (Lipinski definition) is 1. The third kappa shape index (κ3) is 3.05. The van der Waals surface area contributed by atoms with E-state index in [0.29, 0.717) is 6.42 Å². The van der Waals surface area contributed by atoms with Gasteiger partial charge in [-0.25, -0.2) is 4.39 Å². The highest BCUT2D eigenvalue weighted by molar-refractivity contribution is 5.93. The normalized spacial score (nSPS) is 12.3. The smallest absolute Gasteiger partial charge is 0.126 e. The van der Waals surface area contributed by atoms with Gasteiger partial charge in [0.05, 0.1) is 0 Å². The summed E-state index contributed by atoms with van der Waals surface area (Å²) in [5, 5.41) is 5.90. The molecule has 0 aliphatic rings. The second kappa shape index (κ2) is 5.96. The average molecular weight is 279 g/mol. The van der Waals surface area contributed by atoms with Gasteiger partial charge in [0.15, 0.2) is 0 Å². The molecular formula is C19H18FN. The van der Waals surface area contributed by atoms with E-state index in [1.165, 1.54) is 16.8 Å². The highest BCUT2D eigenvalue weighted by Gasteiger charge is 2.08.